The lowest BCUT2D eigenvalue weighted by Crippen LogP contribution is -2.25. The van der Waals surface area contributed by atoms with Crippen LogP contribution in [0.1, 0.15) is 79.1 Å². The largest absolute Gasteiger partial charge is 0.469 e. The minimum atomic E-state index is -0.329. The summed E-state index contributed by atoms with van der Waals surface area (Å²) >= 11 is 0. The average Bonchev–Trinajstić information content (AvgIpc) is 2.56. The van der Waals surface area contributed by atoms with E-state index >= 15 is 0 Å². The molecular weight excluding hydrogens is 316 g/mol. The van der Waals surface area contributed by atoms with Gasteiger partial charge in [-0.15, -0.1) is 0 Å². The fourth-order valence-corrected chi connectivity index (χ4v) is 2.18. The molecule has 0 saturated heterocycles. The number of unbranched alkanes of at least 4 members (excludes halogenated alkanes) is 5. The normalized spacial score (nSPS) is 11.4. The summed E-state index contributed by atoms with van der Waals surface area (Å²) in [5.74, 6) is -0.0564. The number of methoxy groups -OCH3 is 1. The molecule has 0 saturated carbocycles. The van der Waals surface area contributed by atoms with Gasteiger partial charge >= 0.3 is 5.97 Å². The summed E-state index contributed by atoms with van der Waals surface area (Å²) in [7, 11) is 1.46. The van der Waals surface area contributed by atoms with Crippen LogP contribution in [-0.4, -0.2) is 30.6 Å². The van der Waals surface area contributed by atoms with Crippen LogP contribution in [0.3, 0.4) is 0 Å². The zero-order chi connectivity index (χ0) is 19.6. The van der Waals surface area contributed by atoms with E-state index in [0.29, 0.717) is 6.42 Å². The Morgan fingerprint density at radius 3 is 2.12 bits per heavy atom. The molecule has 0 aromatic carbocycles. The third-order valence-electron chi connectivity index (χ3n) is 3.81. The maximum atomic E-state index is 11.5. The summed E-state index contributed by atoms with van der Waals surface area (Å²) in [5, 5.41) is 8.02. The molecule has 0 aromatic rings. The molecule has 4 heteroatoms. The van der Waals surface area contributed by atoms with Gasteiger partial charge in [-0.1, -0.05) is 50.0 Å². The Kier molecular flexibility index (Phi) is 18.0. The van der Waals surface area contributed by atoms with Crippen molar-refractivity contribution >= 4 is 11.8 Å². The maximum absolute atomic E-state index is 11.5. The number of ether oxygens (including phenoxy) is 1. The van der Waals surface area contributed by atoms with E-state index < -0.39 is 0 Å². The van der Waals surface area contributed by atoms with Crippen molar-refractivity contribution in [2.75, 3.05) is 13.7 Å². The van der Waals surface area contributed by atoms with Crippen molar-refractivity contribution in [3.8, 4) is 0 Å². The second kappa shape index (κ2) is 17.4. The van der Waals surface area contributed by atoms with Crippen LogP contribution in [0.2, 0.25) is 0 Å². The number of aliphatic hydroxyl groups excluding tert-OH is 1. The predicted octanol–water partition coefficient (Wildman–Crippen LogP) is 5.01. The van der Waals surface area contributed by atoms with E-state index in [9.17, 15) is 9.59 Å². The molecular formula is C21H38O4. The molecule has 1 N–H and O–H groups in total. The van der Waals surface area contributed by atoms with E-state index in [2.05, 4.69) is 18.2 Å². The fourth-order valence-electron chi connectivity index (χ4n) is 2.18. The summed E-state index contributed by atoms with van der Waals surface area (Å²) in [6.07, 6.45) is 16.9. The summed E-state index contributed by atoms with van der Waals surface area (Å²) in [4.78, 5) is 21.4. The number of rotatable bonds is 12. The third kappa shape index (κ3) is 18.8. The summed E-state index contributed by atoms with van der Waals surface area (Å²) in [5.41, 5.74) is -0.329. The standard InChI is InChI=1S/C17H30O2.C4H8O2/c1-5-6-7-8-9-10-11-12-13-14-15-17(2,3)16(18)19-4;1-4(6)2-3-5/h5-8H,9-15H2,1-4H3;5H,2-3H2,1H3/b6-5+,8-7+;. The Balaban J connectivity index is 0. The van der Waals surface area contributed by atoms with Gasteiger partial charge in [0.1, 0.15) is 5.78 Å². The van der Waals surface area contributed by atoms with Crippen LogP contribution in [-0.2, 0) is 14.3 Å². The van der Waals surface area contributed by atoms with Crippen LogP contribution in [0.15, 0.2) is 24.3 Å². The molecule has 0 amide bonds. The van der Waals surface area contributed by atoms with E-state index in [1.807, 2.05) is 26.8 Å². The number of esters is 1. The fraction of sp³-hybridized carbons (Fsp3) is 0.714. The molecule has 0 fully saturated rings. The van der Waals surface area contributed by atoms with Gasteiger partial charge in [0.15, 0.2) is 0 Å². The van der Waals surface area contributed by atoms with Crippen molar-refractivity contribution in [2.24, 2.45) is 5.41 Å². The Morgan fingerprint density at radius 2 is 1.64 bits per heavy atom. The average molecular weight is 355 g/mol. The number of ketones is 1. The van der Waals surface area contributed by atoms with E-state index in [-0.39, 0.29) is 23.8 Å². The van der Waals surface area contributed by atoms with Crippen LogP contribution in [0, 0.1) is 5.41 Å². The van der Waals surface area contributed by atoms with Gasteiger partial charge in [0, 0.05) is 13.0 Å². The first-order chi connectivity index (χ1) is 11.8. The highest BCUT2D eigenvalue weighted by Crippen LogP contribution is 2.25. The second-order valence-corrected chi connectivity index (χ2v) is 6.81. The number of hydrogen-bond acceptors (Lipinski definition) is 4. The number of aliphatic hydroxyl groups is 1. The first kappa shape index (κ1) is 25.8. The molecule has 0 atom stereocenters. The van der Waals surface area contributed by atoms with Crippen molar-refractivity contribution in [2.45, 2.75) is 79.1 Å². The van der Waals surface area contributed by atoms with Crippen LogP contribution < -0.4 is 0 Å². The maximum Gasteiger partial charge on any atom is 0.311 e. The first-order valence-corrected chi connectivity index (χ1v) is 9.28. The Hall–Kier alpha value is -1.42. The summed E-state index contributed by atoms with van der Waals surface area (Å²) in [6.45, 7) is 7.39. The van der Waals surface area contributed by atoms with E-state index in [0.717, 1.165) is 19.3 Å². The highest BCUT2D eigenvalue weighted by molar-refractivity contribution is 5.75. The minimum Gasteiger partial charge on any atom is -0.469 e. The molecule has 146 valence electrons. The highest BCUT2D eigenvalue weighted by atomic mass is 16.5. The Bertz CT molecular complexity index is 395. The second-order valence-electron chi connectivity index (χ2n) is 6.81. The van der Waals surface area contributed by atoms with Gasteiger partial charge in [-0.25, -0.2) is 0 Å². The SMILES string of the molecule is C/C=C/C=C/CCCCCCCC(C)(C)C(=O)OC.CC(=O)CCO. The van der Waals surface area contributed by atoms with Crippen molar-refractivity contribution in [1.29, 1.82) is 0 Å². The molecule has 0 aliphatic carbocycles. The molecule has 0 unspecified atom stereocenters. The zero-order valence-corrected chi connectivity index (χ0v) is 16.8. The number of carbonyl (C=O) groups is 2. The van der Waals surface area contributed by atoms with Gasteiger partial charge in [-0.2, -0.15) is 0 Å². The number of carbonyl (C=O) groups excluding carboxylic acids is 2. The summed E-state index contributed by atoms with van der Waals surface area (Å²) in [6, 6.07) is 0. The van der Waals surface area contributed by atoms with Gasteiger partial charge < -0.3 is 9.84 Å². The minimum absolute atomic E-state index is 0.0185. The number of hydrogen-bond donors (Lipinski definition) is 1. The molecule has 0 bridgehead atoms. The summed E-state index contributed by atoms with van der Waals surface area (Å²) < 4.78 is 4.81. The highest BCUT2D eigenvalue weighted by Gasteiger charge is 2.27. The lowest BCUT2D eigenvalue weighted by Gasteiger charge is -2.20. The molecule has 0 rings (SSSR count). The van der Waals surface area contributed by atoms with E-state index in [4.69, 9.17) is 9.84 Å². The van der Waals surface area contributed by atoms with Gasteiger partial charge in [0.2, 0.25) is 0 Å². The van der Waals surface area contributed by atoms with Crippen molar-refractivity contribution in [1.82, 2.24) is 0 Å². The smallest absolute Gasteiger partial charge is 0.311 e. The van der Waals surface area contributed by atoms with Gasteiger partial charge in [0.05, 0.1) is 12.5 Å². The zero-order valence-electron chi connectivity index (χ0n) is 16.8. The molecule has 0 aromatic heterocycles. The number of Topliss-reactive ketones (excluding diaryl/α,β-unsaturated/α-hetero) is 1. The Labute approximate surface area is 154 Å². The molecule has 0 radical (unpaired) electrons. The Morgan fingerprint density at radius 1 is 1.04 bits per heavy atom. The van der Waals surface area contributed by atoms with Crippen molar-refractivity contribution in [3.05, 3.63) is 24.3 Å². The lowest BCUT2D eigenvalue weighted by molar-refractivity contribution is -0.151. The molecule has 4 nitrogen and oxygen atoms in total. The number of allylic oxidation sites excluding steroid dienone is 4. The van der Waals surface area contributed by atoms with Crippen molar-refractivity contribution in [3.63, 3.8) is 0 Å². The first-order valence-electron chi connectivity index (χ1n) is 9.28. The third-order valence-corrected chi connectivity index (χ3v) is 3.81. The quantitative estimate of drug-likeness (QED) is 0.304. The van der Waals surface area contributed by atoms with Crippen LogP contribution in [0.25, 0.3) is 0 Å². The monoisotopic (exact) mass is 354 g/mol. The van der Waals surface area contributed by atoms with Crippen LogP contribution in [0.5, 0.6) is 0 Å². The van der Waals surface area contributed by atoms with E-state index in [1.165, 1.54) is 39.7 Å². The van der Waals surface area contributed by atoms with Gasteiger partial charge in [0.25, 0.3) is 0 Å². The molecule has 0 aliphatic heterocycles. The van der Waals surface area contributed by atoms with Gasteiger partial charge in [-0.05, 0) is 47.0 Å². The lowest BCUT2D eigenvalue weighted by atomic mass is 9.87. The predicted molar refractivity (Wildman–Crippen MR) is 104 cm³/mol. The topological polar surface area (TPSA) is 63.6 Å². The van der Waals surface area contributed by atoms with Gasteiger partial charge in [-0.3, -0.25) is 9.59 Å². The van der Waals surface area contributed by atoms with Crippen LogP contribution >= 0.6 is 0 Å². The van der Waals surface area contributed by atoms with E-state index in [1.54, 1.807) is 0 Å². The molecule has 0 heterocycles. The molecule has 0 aliphatic rings. The molecule has 0 spiro atoms. The molecule has 25 heavy (non-hydrogen) atoms. The van der Waals surface area contributed by atoms with Crippen LogP contribution in [0.4, 0.5) is 0 Å². The van der Waals surface area contributed by atoms with Crippen molar-refractivity contribution < 1.29 is 19.4 Å².